The molecule has 332 valence electrons. The van der Waals surface area contributed by atoms with Crippen LogP contribution in [0.2, 0.25) is 0 Å². The molecule has 1 aliphatic heterocycles. The summed E-state index contributed by atoms with van der Waals surface area (Å²) in [7, 11) is 1.36. The van der Waals surface area contributed by atoms with Crippen LogP contribution in [0.25, 0.3) is 11.3 Å². The quantitative estimate of drug-likeness (QED) is 0.0742. The van der Waals surface area contributed by atoms with Crippen molar-refractivity contribution in [3.05, 3.63) is 106 Å². The van der Waals surface area contributed by atoms with Crippen LogP contribution >= 0.6 is 11.3 Å². The second-order valence-corrected chi connectivity index (χ2v) is 18.5. The number of aromatic nitrogens is 2. The first-order valence-corrected chi connectivity index (χ1v) is 22.1. The zero-order chi connectivity index (χ0) is 45.3. The molecule has 62 heavy (non-hydrogen) atoms. The lowest BCUT2D eigenvalue weighted by Gasteiger charge is -2.37. The zero-order valence-corrected chi connectivity index (χ0v) is 37.8. The van der Waals surface area contributed by atoms with Crippen LogP contribution in [0.5, 0.6) is 0 Å². The Morgan fingerprint density at radius 3 is 2.15 bits per heavy atom. The Labute approximate surface area is 368 Å². The van der Waals surface area contributed by atoms with E-state index >= 15 is 0 Å². The normalized spacial score (nSPS) is 16.1. The highest BCUT2D eigenvalue weighted by molar-refractivity contribution is 7.09. The Hall–Kier alpha value is -5.67. The van der Waals surface area contributed by atoms with Crippen LogP contribution in [0.4, 0.5) is 9.59 Å². The first-order chi connectivity index (χ1) is 29.4. The summed E-state index contributed by atoms with van der Waals surface area (Å²) in [6.07, 6.45) is 0.230. The number of imide groups is 1. The zero-order valence-electron chi connectivity index (χ0n) is 36.9. The van der Waals surface area contributed by atoms with E-state index in [1.165, 1.54) is 23.3 Å². The number of carbonyl (C=O) groups excluding carboxylic acids is 4. The van der Waals surface area contributed by atoms with Gasteiger partial charge in [0.15, 0.2) is 0 Å². The maximum absolute atomic E-state index is 14.6. The van der Waals surface area contributed by atoms with Crippen LogP contribution in [0.15, 0.2) is 84.4 Å². The molecule has 0 bridgehead atoms. The van der Waals surface area contributed by atoms with Crippen molar-refractivity contribution in [1.82, 2.24) is 35.3 Å². The molecule has 1 aliphatic rings. The lowest BCUT2D eigenvalue weighted by Crippen LogP contribution is -2.58. The molecule has 0 aliphatic carbocycles. The van der Waals surface area contributed by atoms with Crippen molar-refractivity contribution in [3.63, 3.8) is 0 Å². The number of nitrogens with one attached hydrogen (secondary N) is 2. The maximum atomic E-state index is 14.6. The summed E-state index contributed by atoms with van der Waals surface area (Å²) in [5, 5.41) is 31.0. The molecule has 1 saturated heterocycles. The van der Waals surface area contributed by atoms with Crippen LogP contribution in [0, 0.1) is 11.3 Å². The number of aliphatic hydroxyl groups is 1. The number of nitrogens with zero attached hydrogens (tertiary/aromatic N) is 5. The average molecular weight is 868 g/mol. The molecule has 0 radical (unpaired) electrons. The van der Waals surface area contributed by atoms with Gasteiger partial charge in [0.1, 0.15) is 18.6 Å². The number of amides is 6. The third-order valence-corrected chi connectivity index (χ3v) is 12.6. The van der Waals surface area contributed by atoms with E-state index in [4.69, 9.17) is 0 Å². The van der Waals surface area contributed by atoms with Crippen LogP contribution in [-0.4, -0.2) is 109 Å². The van der Waals surface area contributed by atoms with Gasteiger partial charge < -0.3 is 25.7 Å². The number of urea groups is 1. The van der Waals surface area contributed by atoms with Crippen LogP contribution in [0.3, 0.4) is 0 Å². The lowest BCUT2D eigenvalue weighted by atomic mass is 9.84. The van der Waals surface area contributed by atoms with Crippen molar-refractivity contribution in [2.45, 2.75) is 117 Å². The van der Waals surface area contributed by atoms with Crippen molar-refractivity contribution in [2.24, 2.45) is 11.3 Å². The summed E-state index contributed by atoms with van der Waals surface area (Å²) in [6, 6.07) is 18.5. The summed E-state index contributed by atoms with van der Waals surface area (Å²) < 4.78 is 0. The number of thiazole rings is 1. The Balaban J connectivity index is 1.43. The van der Waals surface area contributed by atoms with Gasteiger partial charge in [0.2, 0.25) is 11.8 Å². The van der Waals surface area contributed by atoms with E-state index in [1.807, 2.05) is 106 Å². The first kappa shape index (κ1) is 47.4. The lowest BCUT2D eigenvalue weighted by molar-refractivity contribution is -0.131. The number of hydrogen-bond acceptors (Lipinski definition) is 9. The standard InChI is InChI=1S/C47H61N7O7S/c1-9-30(4)40(54-27-39(56)53(45(54)59)26-35-28-62-44(50-35)29(2)3)42(57)51-37(24-31-15-11-10-12-16-31)38(55)25-34(49-43(58)41(47(5,6)7)52(8)46(60)61)23-32-18-20-33(21-19-32)36-17-13-14-22-48-36/h10-22,28-30,34,37-38,40-41,55H,9,23-27H2,1-8H3,(H,49,58)(H,51,57)(H,60,61)/t30?,34-,37-,38-,40-,41+/m0/s1. The van der Waals surface area contributed by atoms with Crippen LogP contribution < -0.4 is 10.6 Å². The second-order valence-electron chi connectivity index (χ2n) is 17.6. The third kappa shape index (κ3) is 12.0. The molecule has 14 nitrogen and oxygen atoms in total. The van der Waals surface area contributed by atoms with Gasteiger partial charge in [0.25, 0.3) is 5.91 Å². The molecule has 0 spiro atoms. The number of pyridine rings is 1. The van der Waals surface area contributed by atoms with Crippen molar-refractivity contribution in [2.75, 3.05) is 13.6 Å². The number of carboxylic acid groups (broad SMARTS) is 1. The summed E-state index contributed by atoms with van der Waals surface area (Å²) in [5.74, 6) is -1.62. The van der Waals surface area contributed by atoms with Crippen molar-refractivity contribution < 1.29 is 34.2 Å². The summed E-state index contributed by atoms with van der Waals surface area (Å²) in [4.78, 5) is 80.7. The minimum Gasteiger partial charge on any atom is -0.465 e. The Morgan fingerprint density at radius 2 is 1.56 bits per heavy atom. The molecule has 2 aromatic carbocycles. The molecule has 2 aromatic heterocycles. The number of aliphatic hydroxyl groups excluding tert-OH is 1. The van der Waals surface area contributed by atoms with Gasteiger partial charge in [-0.1, -0.05) is 116 Å². The fraction of sp³-hybridized carbons (Fsp3) is 0.468. The van der Waals surface area contributed by atoms with E-state index in [0.29, 0.717) is 12.1 Å². The van der Waals surface area contributed by atoms with E-state index in [1.54, 1.807) is 27.0 Å². The molecule has 4 N–H and O–H groups in total. The van der Waals surface area contributed by atoms with Gasteiger partial charge in [0.05, 0.1) is 35.1 Å². The molecule has 4 aromatic rings. The van der Waals surface area contributed by atoms with E-state index in [0.717, 1.165) is 37.2 Å². The Kier molecular flexibility index (Phi) is 16.0. The van der Waals surface area contributed by atoms with E-state index < -0.39 is 65.5 Å². The molecule has 5 rings (SSSR count). The number of benzene rings is 2. The molecular formula is C47H61N7O7S. The fourth-order valence-electron chi connectivity index (χ4n) is 7.93. The highest BCUT2D eigenvalue weighted by atomic mass is 32.1. The Morgan fingerprint density at radius 1 is 0.903 bits per heavy atom. The fourth-order valence-corrected chi connectivity index (χ4v) is 8.75. The van der Waals surface area contributed by atoms with Gasteiger partial charge in [0, 0.05) is 36.1 Å². The maximum Gasteiger partial charge on any atom is 0.407 e. The van der Waals surface area contributed by atoms with Crippen LogP contribution in [0.1, 0.15) is 89.1 Å². The topological polar surface area (TPSA) is 185 Å². The van der Waals surface area contributed by atoms with Gasteiger partial charge in [-0.05, 0) is 53.9 Å². The largest absolute Gasteiger partial charge is 0.465 e. The molecule has 15 heteroatoms. The number of likely N-dealkylation sites (N-methyl/N-ethyl adjacent to an activating group) is 1. The van der Waals surface area contributed by atoms with Crippen molar-refractivity contribution in [1.29, 1.82) is 0 Å². The molecule has 6 amide bonds. The van der Waals surface area contributed by atoms with Gasteiger partial charge in [-0.15, -0.1) is 11.3 Å². The predicted octanol–water partition coefficient (Wildman–Crippen LogP) is 6.74. The smallest absolute Gasteiger partial charge is 0.407 e. The van der Waals surface area contributed by atoms with Gasteiger partial charge in [-0.3, -0.25) is 29.2 Å². The van der Waals surface area contributed by atoms with Crippen molar-refractivity contribution in [3.8, 4) is 11.3 Å². The monoisotopic (exact) mass is 867 g/mol. The Bertz CT molecular complexity index is 2140. The van der Waals surface area contributed by atoms with Gasteiger partial charge in [-0.25, -0.2) is 14.6 Å². The van der Waals surface area contributed by atoms with E-state index in [9.17, 15) is 34.2 Å². The van der Waals surface area contributed by atoms with Crippen molar-refractivity contribution >= 4 is 41.2 Å². The number of carbonyl (C=O) groups is 5. The van der Waals surface area contributed by atoms with Gasteiger partial charge >= 0.3 is 12.1 Å². The minimum absolute atomic E-state index is 0.00111. The third-order valence-electron chi connectivity index (χ3n) is 11.4. The highest BCUT2D eigenvalue weighted by Crippen LogP contribution is 2.28. The van der Waals surface area contributed by atoms with E-state index in [-0.39, 0.29) is 44.2 Å². The number of hydrogen-bond donors (Lipinski definition) is 4. The molecule has 6 atom stereocenters. The molecular weight excluding hydrogens is 807 g/mol. The number of rotatable bonds is 19. The molecule has 3 heterocycles. The highest BCUT2D eigenvalue weighted by Gasteiger charge is 2.45. The van der Waals surface area contributed by atoms with E-state index in [2.05, 4.69) is 20.6 Å². The SMILES string of the molecule is CCC(C)[C@@H](C(=O)N[C@@H](Cc1ccccc1)[C@@H](O)C[C@H](Cc1ccc(-c2ccccn2)cc1)NC(=O)[C@@H](N(C)C(=O)O)C(C)(C)C)N1CC(=O)N(Cc2csc(C(C)C)n2)C1=O. The second kappa shape index (κ2) is 20.9. The molecule has 1 fully saturated rings. The predicted molar refractivity (Wildman–Crippen MR) is 239 cm³/mol. The minimum atomic E-state index is -1.26. The average Bonchev–Trinajstić information content (AvgIpc) is 3.81. The summed E-state index contributed by atoms with van der Waals surface area (Å²) in [6.45, 7) is 12.9. The molecule has 1 unspecified atom stereocenters. The summed E-state index contributed by atoms with van der Waals surface area (Å²) >= 11 is 1.47. The first-order valence-electron chi connectivity index (χ1n) is 21.2. The summed E-state index contributed by atoms with van der Waals surface area (Å²) in [5.41, 5.74) is 3.21. The van der Waals surface area contributed by atoms with Gasteiger partial charge in [-0.2, -0.15) is 0 Å². The van der Waals surface area contributed by atoms with Crippen LogP contribution in [-0.2, 0) is 33.8 Å². The molecule has 0 saturated carbocycles.